The quantitative estimate of drug-likeness (QED) is 0.590. The van der Waals surface area contributed by atoms with Crippen LogP contribution in [0.2, 0.25) is 0 Å². The molecule has 1 unspecified atom stereocenters. The molecule has 0 fully saturated rings. The largest absolute Gasteiger partial charge is 0.480 e. The maximum Gasteiger partial charge on any atom is 0.329 e. The molecular formula is C22H26N2O5S. The van der Waals surface area contributed by atoms with Crippen molar-refractivity contribution in [2.24, 2.45) is 5.92 Å². The molecule has 2 amide bonds. The number of nitrogens with one attached hydrogen (secondary N) is 2. The topological polar surface area (TPSA) is 105 Å². The monoisotopic (exact) mass is 430 g/mol. The zero-order valence-corrected chi connectivity index (χ0v) is 17.9. The lowest BCUT2D eigenvalue weighted by atomic mass is 9.85. The van der Waals surface area contributed by atoms with Gasteiger partial charge in [0.05, 0.1) is 5.56 Å². The molecule has 1 heterocycles. The standard InChI is InChI=1S/C22H26N2O5S/c1-3-14-7-8-16-17(10-14)30-22(24-18(25)11-29-12-19(26)27)20(16)21(28)23-15-6-4-5-13(2)9-15/h4-6,9,14H,3,7-8,10-12H2,1-2H3,(H,23,28)(H,24,25)(H,26,27). The number of carbonyl (C=O) groups excluding carboxylic acids is 2. The Bertz CT molecular complexity index is 953. The molecule has 0 saturated carbocycles. The van der Waals surface area contributed by atoms with Crippen LogP contribution in [-0.2, 0) is 27.2 Å². The van der Waals surface area contributed by atoms with E-state index in [4.69, 9.17) is 9.84 Å². The zero-order chi connectivity index (χ0) is 21.7. The highest BCUT2D eigenvalue weighted by Crippen LogP contribution is 2.40. The summed E-state index contributed by atoms with van der Waals surface area (Å²) >= 11 is 1.43. The number of anilines is 2. The maximum atomic E-state index is 13.2. The summed E-state index contributed by atoms with van der Waals surface area (Å²) in [5.41, 5.74) is 3.23. The third-order valence-electron chi connectivity index (χ3n) is 5.16. The molecule has 3 rings (SSSR count). The molecule has 1 aromatic carbocycles. The number of carbonyl (C=O) groups is 3. The second-order valence-corrected chi connectivity index (χ2v) is 8.59. The number of fused-ring (bicyclic) bond motifs is 1. The van der Waals surface area contributed by atoms with Gasteiger partial charge in [0.25, 0.3) is 11.8 Å². The molecule has 1 aliphatic carbocycles. The van der Waals surface area contributed by atoms with Gasteiger partial charge in [-0.15, -0.1) is 11.3 Å². The first-order chi connectivity index (χ1) is 14.4. The summed E-state index contributed by atoms with van der Waals surface area (Å²) in [5, 5.41) is 14.8. The molecular weight excluding hydrogens is 404 g/mol. The van der Waals surface area contributed by atoms with Gasteiger partial charge in [-0.05, 0) is 55.4 Å². The highest BCUT2D eigenvalue weighted by molar-refractivity contribution is 7.17. The lowest BCUT2D eigenvalue weighted by Crippen LogP contribution is -2.23. The van der Waals surface area contributed by atoms with E-state index >= 15 is 0 Å². The Balaban J connectivity index is 1.83. The molecule has 160 valence electrons. The van der Waals surface area contributed by atoms with Crippen LogP contribution in [0.5, 0.6) is 0 Å². The summed E-state index contributed by atoms with van der Waals surface area (Å²) in [6.07, 6.45) is 3.78. The van der Waals surface area contributed by atoms with Crippen LogP contribution < -0.4 is 10.6 Å². The number of carboxylic acid groups (broad SMARTS) is 1. The van der Waals surface area contributed by atoms with E-state index in [-0.39, 0.29) is 12.5 Å². The van der Waals surface area contributed by atoms with Gasteiger partial charge < -0.3 is 20.5 Å². The van der Waals surface area contributed by atoms with E-state index in [1.165, 1.54) is 11.3 Å². The van der Waals surface area contributed by atoms with Crippen LogP contribution in [0.3, 0.4) is 0 Å². The molecule has 0 aliphatic heterocycles. The molecule has 3 N–H and O–H groups in total. The van der Waals surface area contributed by atoms with Crippen molar-refractivity contribution >= 4 is 39.8 Å². The number of aliphatic carboxylic acids is 1. The van der Waals surface area contributed by atoms with Gasteiger partial charge in [0, 0.05) is 10.6 Å². The lowest BCUT2D eigenvalue weighted by molar-refractivity contribution is -0.143. The number of rotatable bonds is 8. The first kappa shape index (κ1) is 22.0. The Kier molecular flexibility index (Phi) is 7.23. The normalized spacial score (nSPS) is 15.3. The Morgan fingerprint density at radius 3 is 2.73 bits per heavy atom. The van der Waals surface area contributed by atoms with Crippen molar-refractivity contribution in [1.29, 1.82) is 0 Å². The molecule has 0 radical (unpaired) electrons. The first-order valence-electron chi connectivity index (χ1n) is 9.99. The van der Waals surface area contributed by atoms with Crippen molar-refractivity contribution in [3.63, 3.8) is 0 Å². The van der Waals surface area contributed by atoms with Crippen molar-refractivity contribution < 1.29 is 24.2 Å². The van der Waals surface area contributed by atoms with Crippen molar-refractivity contribution in [1.82, 2.24) is 0 Å². The van der Waals surface area contributed by atoms with Crippen LogP contribution in [0, 0.1) is 12.8 Å². The summed E-state index contributed by atoms with van der Waals surface area (Å²) in [4.78, 5) is 37.1. The minimum atomic E-state index is -1.14. The lowest BCUT2D eigenvalue weighted by Gasteiger charge is -2.21. The van der Waals surface area contributed by atoms with Crippen LogP contribution in [0.25, 0.3) is 0 Å². The van der Waals surface area contributed by atoms with Crippen molar-refractivity contribution in [3.05, 3.63) is 45.8 Å². The summed E-state index contributed by atoms with van der Waals surface area (Å²) in [7, 11) is 0. The van der Waals surface area contributed by atoms with Crippen LogP contribution >= 0.6 is 11.3 Å². The first-order valence-corrected chi connectivity index (χ1v) is 10.8. The van der Waals surface area contributed by atoms with Gasteiger partial charge in [-0.3, -0.25) is 9.59 Å². The Labute approximate surface area is 179 Å². The van der Waals surface area contributed by atoms with E-state index in [1.54, 1.807) is 0 Å². The average molecular weight is 431 g/mol. The van der Waals surface area contributed by atoms with E-state index < -0.39 is 18.5 Å². The highest BCUT2D eigenvalue weighted by Gasteiger charge is 2.29. The molecule has 1 atom stereocenters. The Hall–Kier alpha value is -2.71. The number of carboxylic acids is 1. The van der Waals surface area contributed by atoms with Crippen LogP contribution in [0.15, 0.2) is 24.3 Å². The van der Waals surface area contributed by atoms with E-state index in [0.717, 1.165) is 41.7 Å². The summed E-state index contributed by atoms with van der Waals surface area (Å²) in [5.74, 6) is -1.30. The van der Waals surface area contributed by atoms with Crippen molar-refractivity contribution in [2.45, 2.75) is 39.5 Å². The number of amides is 2. The number of thiophene rings is 1. The summed E-state index contributed by atoms with van der Waals surface area (Å²) < 4.78 is 4.87. The van der Waals surface area contributed by atoms with Gasteiger partial charge in [-0.25, -0.2) is 4.79 Å². The molecule has 1 aromatic heterocycles. The van der Waals surface area contributed by atoms with Gasteiger partial charge in [0.15, 0.2) is 0 Å². The number of hydrogen-bond donors (Lipinski definition) is 3. The van der Waals surface area contributed by atoms with E-state index in [2.05, 4.69) is 17.6 Å². The zero-order valence-electron chi connectivity index (χ0n) is 17.1. The van der Waals surface area contributed by atoms with E-state index in [1.807, 2.05) is 31.2 Å². The molecule has 1 aliphatic rings. The van der Waals surface area contributed by atoms with Crippen molar-refractivity contribution in [3.8, 4) is 0 Å². The van der Waals surface area contributed by atoms with Gasteiger partial charge >= 0.3 is 5.97 Å². The predicted molar refractivity (Wildman–Crippen MR) is 116 cm³/mol. The average Bonchev–Trinajstić information content (AvgIpc) is 3.04. The predicted octanol–water partition coefficient (Wildman–Crippen LogP) is 3.86. The SMILES string of the molecule is CCC1CCc2c(sc(NC(=O)COCC(=O)O)c2C(=O)Nc2cccc(C)c2)C1. The van der Waals surface area contributed by atoms with Gasteiger partial charge in [-0.2, -0.15) is 0 Å². The number of ether oxygens (including phenoxy) is 1. The maximum absolute atomic E-state index is 13.2. The fourth-order valence-electron chi connectivity index (χ4n) is 3.64. The highest BCUT2D eigenvalue weighted by atomic mass is 32.1. The van der Waals surface area contributed by atoms with Crippen LogP contribution in [-0.4, -0.2) is 36.1 Å². The summed E-state index contributed by atoms with van der Waals surface area (Å²) in [6.45, 7) is 3.19. The minimum absolute atomic E-state index is 0.255. The number of benzene rings is 1. The van der Waals surface area contributed by atoms with E-state index in [9.17, 15) is 14.4 Å². The molecule has 0 bridgehead atoms. The molecule has 7 nitrogen and oxygen atoms in total. The third kappa shape index (κ3) is 5.46. The van der Waals surface area contributed by atoms with Gasteiger partial charge in [0.1, 0.15) is 18.2 Å². The smallest absolute Gasteiger partial charge is 0.329 e. The summed E-state index contributed by atoms with van der Waals surface area (Å²) in [6, 6.07) is 7.55. The van der Waals surface area contributed by atoms with E-state index in [0.29, 0.717) is 22.2 Å². The fourth-order valence-corrected chi connectivity index (χ4v) is 5.02. The number of aryl methyl sites for hydroxylation is 1. The Morgan fingerprint density at radius 1 is 1.23 bits per heavy atom. The Morgan fingerprint density at radius 2 is 2.03 bits per heavy atom. The fraction of sp³-hybridized carbons (Fsp3) is 0.409. The molecule has 0 saturated heterocycles. The molecule has 30 heavy (non-hydrogen) atoms. The van der Waals surface area contributed by atoms with Crippen LogP contribution in [0.4, 0.5) is 10.7 Å². The molecule has 2 aromatic rings. The minimum Gasteiger partial charge on any atom is -0.480 e. The second kappa shape index (κ2) is 9.86. The van der Waals surface area contributed by atoms with Crippen LogP contribution in [0.1, 0.15) is 46.1 Å². The van der Waals surface area contributed by atoms with Crippen molar-refractivity contribution in [2.75, 3.05) is 23.8 Å². The third-order valence-corrected chi connectivity index (χ3v) is 6.33. The van der Waals surface area contributed by atoms with Gasteiger partial charge in [-0.1, -0.05) is 25.5 Å². The van der Waals surface area contributed by atoms with Gasteiger partial charge in [0.2, 0.25) is 0 Å². The molecule has 8 heteroatoms. The second-order valence-electron chi connectivity index (χ2n) is 7.48. The number of hydrogen-bond acceptors (Lipinski definition) is 5. The molecule has 0 spiro atoms.